The molecule has 1 fully saturated rings. The van der Waals surface area contributed by atoms with Gasteiger partial charge in [0.15, 0.2) is 0 Å². The third-order valence-corrected chi connectivity index (χ3v) is 3.16. The second kappa shape index (κ2) is 3.11. The standard InChI is InChI=1S/C7H15NO2S/c1-8-5-3-4-7(8)6-11(2,9)10/h7H,3-6H2,1-2H3/t7-/m1/s1. The Bertz CT molecular complexity index is 223. The van der Waals surface area contributed by atoms with Gasteiger partial charge in [-0.05, 0) is 26.4 Å². The second-order valence-corrected chi connectivity index (χ2v) is 5.55. The van der Waals surface area contributed by atoms with Crippen LogP contribution in [-0.2, 0) is 9.84 Å². The molecular formula is C7H15NO2S. The summed E-state index contributed by atoms with van der Waals surface area (Å²) in [6.07, 6.45) is 3.47. The molecule has 0 saturated carbocycles. The van der Waals surface area contributed by atoms with Gasteiger partial charge in [0.2, 0.25) is 0 Å². The summed E-state index contributed by atoms with van der Waals surface area (Å²) in [7, 11) is -0.793. The monoisotopic (exact) mass is 177 g/mol. The maximum atomic E-state index is 10.9. The van der Waals surface area contributed by atoms with Crippen LogP contribution in [0.3, 0.4) is 0 Å². The maximum Gasteiger partial charge on any atom is 0.148 e. The Morgan fingerprint density at radius 3 is 2.55 bits per heavy atom. The van der Waals surface area contributed by atoms with E-state index in [9.17, 15) is 8.42 Å². The molecule has 1 saturated heterocycles. The van der Waals surface area contributed by atoms with Gasteiger partial charge >= 0.3 is 0 Å². The lowest BCUT2D eigenvalue weighted by atomic mass is 10.2. The van der Waals surface area contributed by atoms with Gasteiger partial charge in [-0.2, -0.15) is 0 Å². The molecule has 0 radical (unpaired) electrons. The van der Waals surface area contributed by atoms with Crippen molar-refractivity contribution in [3.8, 4) is 0 Å². The summed E-state index contributed by atoms with van der Waals surface area (Å²) in [6, 6.07) is 0.269. The Balaban J connectivity index is 2.50. The van der Waals surface area contributed by atoms with Crippen molar-refractivity contribution in [1.82, 2.24) is 4.90 Å². The van der Waals surface area contributed by atoms with Crippen LogP contribution in [-0.4, -0.2) is 45.0 Å². The molecule has 0 bridgehead atoms. The molecule has 1 rings (SSSR count). The first-order valence-electron chi connectivity index (χ1n) is 3.87. The van der Waals surface area contributed by atoms with Crippen molar-refractivity contribution >= 4 is 9.84 Å². The van der Waals surface area contributed by atoms with Gasteiger partial charge in [0, 0.05) is 12.3 Å². The summed E-state index contributed by atoms with van der Waals surface area (Å²) in [5.74, 6) is 0.323. The fourth-order valence-corrected chi connectivity index (χ4v) is 2.66. The number of hydrogen-bond donors (Lipinski definition) is 0. The molecule has 4 heteroatoms. The molecule has 0 aliphatic carbocycles. The zero-order valence-electron chi connectivity index (χ0n) is 7.08. The van der Waals surface area contributed by atoms with E-state index in [1.807, 2.05) is 7.05 Å². The molecule has 3 nitrogen and oxygen atoms in total. The summed E-state index contributed by atoms with van der Waals surface area (Å²) >= 11 is 0. The Morgan fingerprint density at radius 2 is 2.18 bits per heavy atom. The predicted molar refractivity (Wildman–Crippen MR) is 45.4 cm³/mol. The first-order valence-corrected chi connectivity index (χ1v) is 5.93. The number of nitrogens with zero attached hydrogens (tertiary/aromatic N) is 1. The van der Waals surface area contributed by atoms with Crippen molar-refractivity contribution in [3.63, 3.8) is 0 Å². The van der Waals surface area contributed by atoms with Gasteiger partial charge in [0.1, 0.15) is 9.84 Å². The van der Waals surface area contributed by atoms with Crippen molar-refractivity contribution in [2.75, 3.05) is 25.6 Å². The minimum absolute atomic E-state index is 0.269. The van der Waals surface area contributed by atoms with Gasteiger partial charge in [-0.1, -0.05) is 0 Å². The van der Waals surface area contributed by atoms with Gasteiger partial charge in [-0.3, -0.25) is 0 Å². The van der Waals surface area contributed by atoms with E-state index < -0.39 is 9.84 Å². The van der Waals surface area contributed by atoms with Crippen molar-refractivity contribution in [3.05, 3.63) is 0 Å². The fraction of sp³-hybridized carbons (Fsp3) is 1.00. The fourth-order valence-electron chi connectivity index (χ4n) is 1.54. The highest BCUT2D eigenvalue weighted by atomic mass is 32.2. The van der Waals surface area contributed by atoms with Crippen molar-refractivity contribution < 1.29 is 8.42 Å². The Morgan fingerprint density at radius 1 is 1.55 bits per heavy atom. The van der Waals surface area contributed by atoms with Crippen LogP contribution in [0.15, 0.2) is 0 Å². The van der Waals surface area contributed by atoms with E-state index in [0.29, 0.717) is 5.75 Å². The van der Waals surface area contributed by atoms with E-state index in [2.05, 4.69) is 4.90 Å². The Hall–Kier alpha value is -0.0900. The van der Waals surface area contributed by atoms with Crippen molar-refractivity contribution in [2.24, 2.45) is 0 Å². The van der Waals surface area contributed by atoms with E-state index >= 15 is 0 Å². The van der Waals surface area contributed by atoms with Crippen molar-refractivity contribution in [2.45, 2.75) is 18.9 Å². The summed E-state index contributed by atoms with van der Waals surface area (Å²) < 4.78 is 21.8. The molecule has 1 aliphatic heterocycles. The first kappa shape index (κ1) is 9.00. The summed E-state index contributed by atoms with van der Waals surface area (Å²) in [5, 5.41) is 0. The number of hydrogen-bond acceptors (Lipinski definition) is 3. The molecule has 11 heavy (non-hydrogen) atoms. The molecule has 0 unspecified atom stereocenters. The third kappa shape index (κ3) is 2.79. The van der Waals surface area contributed by atoms with Gasteiger partial charge in [0.05, 0.1) is 5.75 Å². The van der Waals surface area contributed by atoms with Gasteiger partial charge in [-0.15, -0.1) is 0 Å². The van der Waals surface area contributed by atoms with Gasteiger partial charge < -0.3 is 4.90 Å². The molecule has 66 valence electrons. The molecule has 0 spiro atoms. The van der Waals surface area contributed by atoms with Gasteiger partial charge in [-0.25, -0.2) is 8.42 Å². The zero-order valence-corrected chi connectivity index (χ0v) is 7.89. The summed E-state index contributed by atoms with van der Waals surface area (Å²) in [6.45, 7) is 1.04. The molecule has 0 aromatic carbocycles. The molecule has 1 heterocycles. The predicted octanol–water partition coefficient (Wildman–Crippen LogP) is 0.125. The van der Waals surface area contributed by atoms with Crippen LogP contribution in [0.2, 0.25) is 0 Å². The average Bonchev–Trinajstić information content (AvgIpc) is 2.12. The van der Waals surface area contributed by atoms with Crippen LogP contribution in [0.1, 0.15) is 12.8 Å². The van der Waals surface area contributed by atoms with Crippen LogP contribution in [0.25, 0.3) is 0 Å². The average molecular weight is 177 g/mol. The number of rotatable bonds is 2. The highest BCUT2D eigenvalue weighted by molar-refractivity contribution is 7.90. The summed E-state index contributed by atoms with van der Waals surface area (Å²) in [5.41, 5.74) is 0. The number of sulfone groups is 1. The van der Waals surface area contributed by atoms with Crippen LogP contribution in [0.5, 0.6) is 0 Å². The lowest BCUT2D eigenvalue weighted by Gasteiger charge is -2.17. The number of likely N-dealkylation sites (tertiary alicyclic amines) is 1. The largest absolute Gasteiger partial charge is 0.302 e. The Kier molecular flexibility index (Phi) is 2.54. The van der Waals surface area contributed by atoms with Crippen molar-refractivity contribution in [1.29, 1.82) is 0 Å². The Labute approximate surface area is 68.3 Å². The first-order chi connectivity index (χ1) is 4.99. The normalized spacial score (nSPS) is 27.6. The SMILES string of the molecule is CN1CCC[C@@H]1CS(C)(=O)=O. The molecular weight excluding hydrogens is 162 g/mol. The van der Waals surface area contributed by atoms with Crippen LogP contribution in [0, 0.1) is 0 Å². The highest BCUT2D eigenvalue weighted by Gasteiger charge is 2.23. The third-order valence-electron chi connectivity index (χ3n) is 2.17. The lowest BCUT2D eigenvalue weighted by molar-refractivity contribution is 0.332. The topological polar surface area (TPSA) is 37.4 Å². The quantitative estimate of drug-likeness (QED) is 0.601. The van der Waals surface area contributed by atoms with Crippen LogP contribution >= 0.6 is 0 Å². The molecule has 1 atom stereocenters. The van der Waals surface area contributed by atoms with E-state index in [-0.39, 0.29) is 6.04 Å². The van der Waals surface area contributed by atoms with E-state index in [0.717, 1.165) is 19.4 Å². The highest BCUT2D eigenvalue weighted by Crippen LogP contribution is 2.15. The molecule has 0 aromatic rings. The minimum atomic E-state index is -2.78. The molecule has 0 N–H and O–H groups in total. The minimum Gasteiger partial charge on any atom is -0.302 e. The molecule has 1 aliphatic rings. The maximum absolute atomic E-state index is 10.9. The van der Waals surface area contributed by atoms with Crippen LogP contribution < -0.4 is 0 Å². The second-order valence-electron chi connectivity index (χ2n) is 3.37. The lowest BCUT2D eigenvalue weighted by Crippen LogP contribution is -2.31. The van der Waals surface area contributed by atoms with Crippen LogP contribution in [0.4, 0.5) is 0 Å². The van der Waals surface area contributed by atoms with Gasteiger partial charge in [0.25, 0.3) is 0 Å². The summed E-state index contributed by atoms with van der Waals surface area (Å²) in [4.78, 5) is 2.13. The smallest absolute Gasteiger partial charge is 0.148 e. The van der Waals surface area contributed by atoms with E-state index in [1.165, 1.54) is 6.26 Å². The molecule has 0 aromatic heterocycles. The van der Waals surface area contributed by atoms with E-state index in [1.54, 1.807) is 0 Å². The molecule has 0 amide bonds. The van der Waals surface area contributed by atoms with E-state index in [4.69, 9.17) is 0 Å². The zero-order chi connectivity index (χ0) is 8.48.